The van der Waals surface area contributed by atoms with Gasteiger partial charge in [0.2, 0.25) is 0 Å². The van der Waals surface area contributed by atoms with Gasteiger partial charge < -0.3 is 5.11 Å². The monoisotopic (exact) mass is 324 g/mol. The van der Waals surface area contributed by atoms with E-state index in [1.165, 1.54) is 0 Å². The van der Waals surface area contributed by atoms with E-state index >= 15 is 0 Å². The van der Waals surface area contributed by atoms with Gasteiger partial charge in [0.15, 0.2) is 5.78 Å². The maximum Gasteiger partial charge on any atom is 0.197 e. The van der Waals surface area contributed by atoms with E-state index in [0.29, 0.717) is 11.1 Å². The van der Waals surface area contributed by atoms with E-state index in [1.807, 2.05) is 78.9 Å². The van der Waals surface area contributed by atoms with Gasteiger partial charge in [-0.3, -0.25) is 4.79 Å². The van der Waals surface area contributed by atoms with Crippen LogP contribution >= 0.6 is 0 Å². The molecule has 0 saturated carbocycles. The minimum atomic E-state index is -0.154. The lowest BCUT2D eigenvalue weighted by atomic mass is 9.84. The third-order valence-corrected chi connectivity index (χ3v) is 4.37. The Morgan fingerprint density at radius 3 is 1.88 bits per heavy atom. The van der Waals surface area contributed by atoms with E-state index in [0.717, 1.165) is 22.3 Å². The minimum Gasteiger partial charge on any atom is -0.507 e. The lowest BCUT2D eigenvalue weighted by Gasteiger charge is -2.18. The summed E-state index contributed by atoms with van der Waals surface area (Å²) in [5, 5.41) is 10.2. The molecule has 3 aromatic rings. The topological polar surface area (TPSA) is 37.3 Å². The van der Waals surface area contributed by atoms with Crippen molar-refractivity contribution in [2.45, 2.75) is 0 Å². The number of carbonyl (C=O) groups excluding carboxylic acids is 1. The van der Waals surface area contributed by atoms with Crippen LogP contribution in [0.5, 0.6) is 5.75 Å². The highest BCUT2D eigenvalue weighted by Gasteiger charge is 2.25. The third-order valence-electron chi connectivity index (χ3n) is 4.37. The van der Waals surface area contributed by atoms with Crippen molar-refractivity contribution < 1.29 is 9.90 Å². The first-order valence-corrected chi connectivity index (χ1v) is 8.15. The summed E-state index contributed by atoms with van der Waals surface area (Å²) in [4.78, 5) is 13.2. The lowest BCUT2D eigenvalue weighted by molar-refractivity contribution is 0.103. The summed E-state index contributed by atoms with van der Waals surface area (Å²) in [7, 11) is 0. The number of allylic oxidation sites excluding steroid dienone is 2. The average molecular weight is 324 g/mol. The Kier molecular flexibility index (Phi) is 3.79. The van der Waals surface area contributed by atoms with Crippen LogP contribution in [0.25, 0.3) is 11.6 Å². The number of aromatic hydroxyl groups is 1. The quantitative estimate of drug-likeness (QED) is 0.666. The lowest BCUT2D eigenvalue weighted by Crippen LogP contribution is -2.11. The Labute approximate surface area is 146 Å². The highest BCUT2D eigenvalue weighted by atomic mass is 16.3. The predicted molar refractivity (Wildman–Crippen MR) is 100 cm³/mol. The number of ketones is 1. The second kappa shape index (κ2) is 6.25. The fourth-order valence-corrected chi connectivity index (χ4v) is 3.21. The summed E-state index contributed by atoms with van der Waals surface area (Å²) < 4.78 is 0. The van der Waals surface area contributed by atoms with Crippen molar-refractivity contribution in [1.29, 1.82) is 0 Å². The molecule has 0 saturated heterocycles. The fraction of sp³-hybridized carbons (Fsp3) is 0. The zero-order valence-corrected chi connectivity index (χ0v) is 13.5. The fourth-order valence-electron chi connectivity index (χ4n) is 3.21. The number of benzene rings is 3. The molecule has 1 aliphatic carbocycles. The van der Waals surface area contributed by atoms with Crippen LogP contribution in [0, 0.1) is 0 Å². The van der Waals surface area contributed by atoms with E-state index in [9.17, 15) is 9.90 Å². The van der Waals surface area contributed by atoms with Crippen LogP contribution in [0.3, 0.4) is 0 Å². The minimum absolute atomic E-state index is 0.0184. The molecule has 0 atom stereocenters. The van der Waals surface area contributed by atoms with Crippen molar-refractivity contribution in [3.05, 3.63) is 113 Å². The number of fused-ring (bicyclic) bond motifs is 1. The summed E-state index contributed by atoms with van der Waals surface area (Å²) in [5.74, 6) is -0.136. The molecule has 0 radical (unpaired) electrons. The van der Waals surface area contributed by atoms with Crippen molar-refractivity contribution in [3.8, 4) is 5.75 Å². The van der Waals surface area contributed by atoms with Crippen molar-refractivity contribution in [2.75, 3.05) is 0 Å². The molecule has 2 heteroatoms. The SMILES string of the molecule is O=C1C(=C(c2ccccc2)c2ccccc2)C=Cc2cccc(O)c21. The van der Waals surface area contributed by atoms with Gasteiger partial charge in [-0.15, -0.1) is 0 Å². The zero-order valence-electron chi connectivity index (χ0n) is 13.5. The molecule has 0 unspecified atom stereocenters. The molecule has 0 fully saturated rings. The molecule has 2 nitrogen and oxygen atoms in total. The van der Waals surface area contributed by atoms with Gasteiger partial charge in [-0.25, -0.2) is 0 Å². The van der Waals surface area contributed by atoms with Gasteiger partial charge >= 0.3 is 0 Å². The number of carbonyl (C=O) groups is 1. The van der Waals surface area contributed by atoms with Crippen molar-refractivity contribution >= 4 is 17.4 Å². The highest BCUT2D eigenvalue weighted by Crippen LogP contribution is 2.35. The second-order valence-corrected chi connectivity index (χ2v) is 5.92. The molecule has 0 aliphatic heterocycles. The first-order chi connectivity index (χ1) is 12.3. The number of Topliss-reactive ketones (excluding diaryl/α,β-unsaturated/α-hetero) is 1. The Morgan fingerprint density at radius 2 is 1.28 bits per heavy atom. The van der Waals surface area contributed by atoms with E-state index in [-0.39, 0.29) is 11.5 Å². The predicted octanol–water partition coefficient (Wildman–Crippen LogP) is 5.10. The summed E-state index contributed by atoms with van der Waals surface area (Å²) in [5.41, 5.74) is 4.52. The molecular formula is C23H16O2. The molecule has 0 spiro atoms. The maximum absolute atomic E-state index is 13.2. The van der Waals surface area contributed by atoms with Crippen LogP contribution in [0.4, 0.5) is 0 Å². The third kappa shape index (κ3) is 2.68. The first-order valence-electron chi connectivity index (χ1n) is 8.15. The van der Waals surface area contributed by atoms with Crippen molar-refractivity contribution in [2.24, 2.45) is 0 Å². The zero-order chi connectivity index (χ0) is 17.2. The first kappa shape index (κ1) is 15.2. The molecule has 0 bridgehead atoms. The normalized spacial score (nSPS) is 12.8. The summed E-state index contributed by atoms with van der Waals surface area (Å²) in [6, 6.07) is 24.9. The number of phenolic OH excluding ortho intramolecular Hbond substituents is 1. The van der Waals surface area contributed by atoms with E-state index in [4.69, 9.17) is 0 Å². The van der Waals surface area contributed by atoms with Crippen LogP contribution in [-0.2, 0) is 0 Å². The van der Waals surface area contributed by atoms with Crippen LogP contribution in [-0.4, -0.2) is 10.9 Å². The van der Waals surface area contributed by atoms with Gasteiger partial charge in [-0.2, -0.15) is 0 Å². The molecule has 0 amide bonds. The Hall–Kier alpha value is -3.39. The summed E-state index contributed by atoms with van der Waals surface area (Å²) in [6.45, 7) is 0. The molecular weight excluding hydrogens is 308 g/mol. The van der Waals surface area contributed by atoms with E-state index in [2.05, 4.69) is 0 Å². The number of phenols is 1. The van der Waals surface area contributed by atoms with Gasteiger partial charge in [-0.05, 0) is 28.8 Å². The molecule has 25 heavy (non-hydrogen) atoms. The Balaban J connectivity index is 2.00. The number of hydrogen-bond donors (Lipinski definition) is 1. The summed E-state index contributed by atoms with van der Waals surface area (Å²) in [6.07, 6.45) is 3.73. The van der Waals surface area contributed by atoms with Crippen LogP contribution in [0.1, 0.15) is 27.0 Å². The van der Waals surface area contributed by atoms with Gasteiger partial charge in [0.1, 0.15) is 5.75 Å². The van der Waals surface area contributed by atoms with E-state index < -0.39 is 0 Å². The van der Waals surface area contributed by atoms with Gasteiger partial charge in [0, 0.05) is 11.1 Å². The smallest absolute Gasteiger partial charge is 0.197 e. The van der Waals surface area contributed by atoms with Gasteiger partial charge in [0.05, 0.1) is 5.56 Å². The van der Waals surface area contributed by atoms with Gasteiger partial charge in [0.25, 0.3) is 0 Å². The summed E-state index contributed by atoms with van der Waals surface area (Å²) >= 11 is 0. The highest BCUT2D eigenvalue weighted by molar-refractivity contribution is 6.21. The van der Waals surface area contributed by atoms with Crippen LogP contribution in [0.2, 0.25) is 0 Å². The second-order valence-electron chi connectivity index (χ2n) is 5.92. The van der Waals surface area contributed by atoms with Crippen LogP contribution < -0.4 is 0 Å². The van der Waals surface area contributed by atoms with E-state index in [1.54, 1.807) is 12.1 Å². The molecule has 1 N–H and O–H groups in total. The molecule has 0 heterocycles. The maximum atomic E-state index is 13.2. The van der Waals surface area contributed by atoms with Crippen LogP contribution in [0.15, 0.2) is 90.5 Å². The number of hydrogen-bond acceptors (Lipinski definition) is 2. The Bertz CT molecular complexity index is 955. The molecule has 4 rings (SSSR count). The molecule has 0 aromatic heterocycles. The number of rotatable bonds is 2. The largest absolute Gasteiger partial charge is 0.507 e. The Morgan fingerprint density at radius 1 is 0.680 bits per heavy atom. The standard InChI is InChI=1S/C23H16O2/c24-20-13-7-12-18-14-15-19(23(25)22(18)20)21(16-8-3-1-4-9-16)17-10-5-2-6-11-17/h1-15,24H. The molecule has 3 aromatic carbocycles. The molecule has 120 valence electrons. The van der Waals surface area contributed by atoms with Crippen molar-refractivity contribution in [3.63, 3.8) is 0 Å². The molecule has 1 aliphatic rings. The van der Waals surface area contributed by atoms with Gasteiger partial charge in [-0.1, -0.05) is 78.9 Å². The average Bonchev–Trinajstić information content (AvgIpc) is 2.66. The van der Waals surface area contributed by atoms with Crippen molar-refractivity contribution in [1.82, 2.24) is 0 Å².